The summed E-state index contributed by atoms with van der Waals surface area (Å²) in [6, 6.07) is 6.17. The molecule has 0 saturated heterocycles. The van der Waals surface area contributed by atoms with Gasteiger partial charge in [0.15, 0.2) is 23.2 Å². The molecule has 0 heterocycles. The number of aryl methyl sites for hydroxylation is 1. The monoisotopic (exact) mass is 284 g/mol. The number of halogens is 4. The second-order valence-corrected chi connectivity index (χ2v) is 4.40. The van der Waals surface area contributed by atoms with Crippen LogP contribution >= 0.6 is 11.6 Å². The molecule has 0 amide bonds. The van der Waals surface area contributed by atoms with Crippen LogP contribution in [0.1, 0.15) is 21.5 Å². The first kappa shape index (κ1) is 13.6. The fraction of sp³-hybridized carbons (Fsp3) is 0.0714. The predicted molar refractivity (Wildman–Crippen MR) is 65.9 cm³/mol. The molecule has 0 aliphatic heterocycles. The van der Waals surface area contributed by atoms with Crippen LogP contribution in [-0.4, -0.2) is 5.78 Å². The zero-order chi connectivity index (χ0) is 14.2. The van der Waals surface area contributed by atoms with E-state index in [1.165, 1.54) is 31.2 Å². The van der Waals surface area contributed by atoms with E-state index >= 15 is 0 Å². The molecule has 0 unspecified atom stereocenters. The normalized spacial score (nSPS) is 10.6. The van der Waals surface area contributed by atoms with Crippen LogP contribution in [0.2, 0.25) is 5.02 Å². The van der Waals surface area contributed by atoms with Gasteiger partial charge in [0.05, 0.1) is 16.1 Å². The number of hydrogen-bond acceptors (Lipinski definition) is 1. The Morgan fingerprint density at radius 2 is 1.58 bits per heavy atom. The van der Waals surface area contributed by atoms with E-state index in [0.29, 0.717) is 0 Å². The maximum atomic E-state index is 13.7. The van der Waals surface area contributed by atoms with Crippen LogP contribution in [0.4, 0.5) is 13.2 Å². The highest BCUT2D eigenvalue weighted by molar-refractivity contribution is 6.31. The summed E-state index contributed by atoms with van der Waals surface area (Å²) in [4.78, 5) is 12.0. The minimum Gasteiger partial charge on any atom is -0.288 e. The third kappa shape index (κ3) is 2.36. The predicted octanol–water partition coefficient (Wildman–Crippen LogP) is 4.30. The van der Waals surface area contributed by atoms with E-state index in [0.717, 1.165) is 6.07 Å². The van der Waals surface area contributed by atoms with E-state index in [1.807, 2.05) is 0 Å². The maximum absolute atomic E-state index is 13.7. The quantitative estimate of drug-likeness (QED) is 0.752. The van der Waals surface area contributed by atoms with Gasteiger partial charge in [-0.1, -0.05) is 23.7 Å². The van der Waals surface area contributed by atoms with Gasteiger partial charge in [0, 0.05) is 0 Å². The molecule has 0 aliphatic carbocycles. The Kier molecular flexibility index (Phi) is 3.62. The summed E-state index contributed by atoms with van der Waals surface area (Å²) >= 11 is 5.55. The van der Waals surface area contributed by atoms with E-state index in [9.17, 15) is 18.0 Å². The van der Waals surface area contributed by atoms with E-state index in [1.54, 1.807) is 0 Å². The van der Waals surface area contributed by atoms with Gasteiger partial charge < -0.3 is 0 Å². The summed E-state index contributed by atoms with van der Waals surface area (Å²) in [5.74, 6) is -4.30. The average molecular weight is 285 g/mol. The van der Waals surface area contributed by atoms with Gasteiger partial charge in [-0.15, -0.1) is 0 Å². The maximum Gasteiger partial charge on any atom is 0.199 e. The highest BCUT2D eigenvalue weighted by Crippen LogP contribution is 2.23. The minimum atomic E-state index is -1.29. The third-order valence-corrected chi connectivity index (χ3v) is 3.01. The number of benzene rings is 2. The van der Waals surface area contributed by atoms with Crippen LogP contribution in [0, 0.1) is 24.4 Å². The van der Waals surface area contributed by atoms with Crippen molar-refractivity contribution in [3.63, 3.8) is 0 Å². The Hall–Kier alpha value is -1.81. The second kappa shape index (κ2) is 5.05. The number of carbonyl (C=O) groups is 1. The van der Waals surface area contributed by atoms with Gasteiger partial charge in [-0.05, 0) is 30.7 Å². The van der Waals surface area contributed by atoms with Gasteiger partial charge in [0.25, 0.3) is 0 Å². The zero-order valence-corrected chi connectivity index (χ0v) is 10.6. The summed E-state index contributed by atoms with van der Waals surface area (Å²) in [6.07, 6.45) is 0. The van der Waals surface area contributed by atoms with E-state index < -0.39 is 34.4 Å². The molecule has 0 fully saturated rings. The van der Waals surface area contributed by atoms with Crippen LogP contribution in [0.5, 0.6) is 0 Å². The largest absolute Gasteiger partial charge is 0.288 e. The molecule has 0 aliphatic rings. The number of hydrogen-bond donors (Lipinski definition) is 0. The first-order chi connectivity index (χ1) is 8.93. The molecule has 0 spiro atoms. The fourth-order valence-electron chi connectivity index (χ4n) is 1.65. The molecule has 2 aromatic carbocycles. The fourth-order valence-corrected chi connectivity index (χ4v) is 1.82. The van der Waals surface area contributed by atoms with Crippen molar-refractivity contribution in [1.82, 2.24) is 0 Å². The number of rotatable bonds is 2. The van der Waals surface area contributed by atoms with Gasteiger partial charge in [0.1, 0.15) is 0 Å². The molecule has 0 saturated carbocycles. The minimum absolute atomic E-state index is 0.0700. The van der Waals surface area contributed by atoms with Crippen LogP contribution in [0.3, 0.4) is 0 Å². The molecular formula is C14H8ClF3O. The highest BCUT2D eigenvalue weighted by atomic mass is 35.5. The molecule has 0 radical (unpaired) electrons. The zero-order valence-electron chi connectivity index (χ0n) is 9.81. The summed E-state index contributed by atoms with van der Waals surface area (Å²) in [5, 5.41) is -0.251. The summed E-state index contributed by atoms with van der Waals surface area (Å²) in [6.45, 7) is 1.37. The molecule has 98 valence electrons. The Morgan fingerprint density at radius 3 is 2.26 bits per heavy atom. The third-order valence-electron chi connectivity index (χ3n) is 2.72. The Balaban J connectivity index is 2.57. The topological polar surface area (TPSA) is 17.1 Å². The van der Waals surface area contributed by atoms with Gasteiger partial charge in [-0.2, -0.15) is 0 Å². The van der Waals surface area contributed by atoms with Crippen molar-refractivity contribution in [2.45, 2.75) is 6.92 Å². The number of ketones is 1. The van der Waals surface area contributed by atoms with Crippen molar-refractivity contribution in [3.8, 4) is 0 Å². The van der Waals surface area contributed by atoms with Crippen LogP contribution < -0.4 is 0 Å². The summed E-state index contributed by atoms with van der Waals surface area (Å²) < 4.78 is 40.8. The summed E-state index contributed by atoms with van der Waals surface area (Å²) in [5.41, 5.74) is -0.848. The Morgan fingerprint density at radius 1 is 0.947 bits per heavy atom. The first-order valence-corrected chi connectivity index (χ1v) is 5.74. The van der Waals surface area contributed by atoms with Crippen molar-refractivity contribution in [3.05, 3.63) is 69.5 Å². The molecular weight excluding hydrogens is 277 g/mol. The molecule has 0 aromatic heterocycles. The van der Waals surface area contributed by atoms with Crippen molar-refractivity contribution in [2.75, 3.05) is 0 Å². The van der Waals surface area contributed by atoms with Crippen LogP contribution in [0.25, 0.3) is 0 Å². The van der Waals surface area contributed by atoms with E-state index in [4.69, 9.17) is 11.6 Å². The van der Waals surface area contributed by atoms with Crippen molar-refractivity contribution in [2.24, 2.45) is 0 Å². The van der Waals surface area contributed by atoms with Crippen LogP contribution in [-0.2, 0) is 0 Å². The second-order valence-electron chi connectivity index (χ2n) is 3.99. The molecule has 0 atom stereocenters. The average Bonchev–Trinajstić information content (AvgIpc) is 2.39. The van der Waals surface area contributed by atoms with E-state index in [2.05, 4.69) is 0 Å². The lowest BCUT2D eigenvalue weighted by Crippen LogP contribution is -2.09. The van der Waals surface area contributed by atoms with Crippen LogP contribution in [0.15, 0.2) is 30.3 Å². The molecule has 2 aromatic rings. The van der Waals surface area contributed by atoms with Crippen molar-refractivity contribution in [1.29, 1.82) is 0 Å². The van der Waals surface area contributed by atoms with Crippen molar-refractivity contribution < 1.29 is 18.0 Å². The first-order valence-electron chi connectivity index (χ1n) is 5.36. The molecule has 5 heteroatoms. The Labute approximate surface area is 112 Å². The lowest BCUT2D eigenvalue weighted by Gasteiger charge is -2.07. The molecule has 1 nitrogen and oxygen atoms in total. The molecule has 2 rings (SSSR count). The lowest BCUT2D eigenvalue weighted by atomic mass is 10.0. The van der Waals surface area contributed by atoms with Crippen molar-refractivity contribution >= 4 is 17.4 Å². The molecule has 0 bridgehead atoms. The van der Waals surface area contributed by atoms with Gasteiger partial charge >= 0.3 is 0 Å². The SMILES string of the molecule is Cc1ccc(C(=O)c2cccc(Cl)c2F)c(F)c1F. The highest BCUT2D eigenvalue weighted by Gasteiger charge is 2.21. The van der Waals surface area contributed by atoms with Gasteiger partial charge in [-0.3, -0.25) is 4.79 Å². The van der Waals surface area contributed by atoms with Gasteiger partial charge in [-0.25, -0.2) is 13.2 Å². The molecule has 0 N–H and O–H groups in total. The smallest absolute Gasteiger partial charge is 0.199 e. The van der Waals surface area contributed by atoms with Gasteiger partial charge in [0.2, 0.25) is 0 Å². The van der Waals surface area contributed by atoms with E-state index in [-0.39, 0.29) is 10.6 Å². The lowest BCUT2D eigenvalue weighted by molar-refractivity contribution is 0.103. The summed E-state index contributed by atoms with van der Waals surface area (Å²) in [7, 11) is 0. The standard InChI is InChI=1S/C14H8ClF3O/c1-7-5-6-9(13(18)11(7)16)14(19)8-3-2-4-10(15)12(8)17/h2-6H,1H3. The molecule has 19 heavy (non-hydrogen) atoms. The Bertz CT molecular complexity index is 668. The number of carbonyl (C=O) groups excluding carboxylic acids is 1.